The van der Waals surface area contributed by atoms with Gasteiger partial charge in [-0.15, -0.1) is 0 Å². The molecule has 0 radical (unpaired) electrons. The number of nitrogens with one attached hydrogen (secondary N) is 2. The van der Waals surface area contributed by atoms with Gasteiger partial charge in [-0.2, -0.15) is 0 Å². The molecule has 0 atom stereocenters. The molecule has 0 saturated heterocycles. The lowest BCUT2D eigenvalue weighted by Crippen LogP contribution is -2.34. The Bertz CT molecular complexity index is 848. The maximum Gasteiger partial charge on any atom is 0.243 e. The first-order valence-corrected chi connectivity index (χ1v) is 9.67. The number of carbonyl (C=O) groups is 2. The third-order valence-corrected chi connectivity index (χ3v) is 5.17. The Kier molecular flexibility index (Phi) is 5.94. The second-order valence-electron chi connectivity index (χ2n) is 7.59. The maximum absolute atomic E-state index is 12.2. The fraction of sp³-hybridized carbons (Fsp3) is 0.391. The van der Waals surface area contributed by atoms with Crippen molar-refractivity contribution in [2.75, 3.05) is 11.9 Å². The highest BCUT2D eigenvalue weighted by molar-refractivity contribution is 5.96. The van der Waals surface area contributed by atoms with Crippen LogP contribution in [0.1, 0.15) is 46.2 Å². The molecule has 1 aliphatic carbocycles. The summed E-state index contributed by atoms with van der Waals surface area (Å²) >= 11 is 0. The Labute approximate surface area is 161 Å². The third-order valence-electron chi connectivity index (χ3n) is 5.17. The fourth-order valence-corrected chi connectivity index (χ4v) is 3.88. The van der Waals surface area contributed by atoms with E-state index in [1.165, 1.54) is 29.5 Å². The van der Waals surface area contributed by atoms with E-state index in [4.69, 9.17) is 0 Å². The Morgan fingerprint density at radius 2 is 1.56 bits per heavy atom. The molecule has 2 amide bonds. The maximum atomic E-state index is 12.2. The average molecular weight is 364 g/mol. The van der Waals surface area contributed by atoms with E-state index >= 15 is 0 Å². The molecule has 4 nitrogen and oxygen atoms in total. The number of benzene rings is 2. The lowest BCUT2D eigenvalue weighted by atomic mass is 9.90. The Morgan fingerprint density at radius 3 is 2.26 bits per heavy atom. The monoisotopic (exact) mass is 364 g/mol. The minimum Gasteiger partial charge on any atom is -0.347 e. The van der Waals surface area contributed by atoms with Gasteiger partial charge in [-0.05, 0) is 74.3 Å². The molecule has 0 aromatic heterocycles. The van der Waals surface area contributed by atoms with Gasteiger partial charge in [0.15, 0.2) is 0 Å². The molecule has 0 unspecified atom stereocenters. The number of hydrogen-bond donors (Lipinski definition) is 2. The van der Waals surface area contributed by atoms with Crippen molar-refractivity contribution in [2.45, 2.75) is 52.9 Å². The summed E-state index contributed by atoms with van der Waals surface area (Å²) in [7, 11) is 0. The second kappa shape index (κ2) is 8.38. The van der Waals surface area contributed by atoms with Gasteiger partial charge in [-0.1, -0.05) is 35.9 Å². The van der Waals surface area contributed by atoms with Gasteiger partial charge >= 0.3 is 0 Å². The summed E-state index contributed by atoms with van der Waals surface area (Å²) in [6.45, 7) is 5.97. The molecule has 27 heavy (non-hydrogen) atoms. The molecule has 2 aromatic carbocycles. The van der Waals surface area contributed by atoms with Crippen LogP contribution in [0.3, 0.4) is 0 Å². The minimum atomic E-state index is -0.205. The topological polar surface area (TPSA) is 58.2 Å². The fourth-order valence-electron chi connectivity index (χ4n) is 3.88. The zero-order valence-corrected chi connectivity index (χ0v) is 16.4. The van der Waals surface area contributed by atoms with Crippen molar-refractivity contribution in [3.8, 4) is 0 Å². The van der Waals surface area contributed by atoms with Crippen molar-refractivity contribution in [1.82, 2.24) is 5.32 Å². The molecular weight excluding hydrogens is 336 g/mol. The number of rotatable bonds is 5. The van der Waals surface area contributed by atoms with Gasteiger partial charge in [-0.25, -0.2) is 0 Å². The summed E-state index contributed by atoms with van der Waals surface area (Å²) < 4.78 is 0. The van der Waals surface area contributed by atoms with Crippen LogP contribution < -0.4 is 10.6 Å². The van der Waals surface area contributed by atoms with E-state index in [2.05, 4.69) is 22.8 Å². The summed E-state index contributed by atoms with van der Waals surface area (Å²) in [4.78, 5) is 24.4. The third kappa shape index (κ3) is 4.97. The van der Waals surface area contributed by atoms with E-state index in [1.807, 2.05) is 39.0 Å². The highest BCUT2D eigenvalue weighted by Gasteiger charge is 2.13. The van der Waals surface area contributed by atoms with Gasteiger partial charge < -0.3 is 10.6 Å². The molecule has 1 aliphatic rings. The van der Waals surface area contributed by atoms with E-state index in [0.717, 1.165) is 35.2 Å². The number of fused-ring (bicyclic) bond motifs is 1. The Morgan fingerprint density at radius 1 is 0.889 bits per heavy atom. The van der Waals surface area contributed by atoms with Crippen LogP contribution in [-0.4, -0.2) is 18.4 Å². The number of aryl methyl sites for hydroxylation is 5. The lowest BCUT2D eigenvalue weighted by molar-refractivity contribution is -0.123. The van der Waals surface area contributed by atoms with Crippen LogP contribution >= 0.6 is 0 Å². The van der Waals surface area contributed by atoms with Crippen molar-refractivity contribution in [3.05, 3.63) is 63.7 Å². The van der Waals surface area contributed by atoms with Gasteiger partial charge in [0.25, 0.3) is 0 Å². The SMILES string of the molecule is Cc1cc(C)c(NC(=O)CNC(=O)Cc2ccc3c(c2)CCCC3)c(C)c1. The van der Waals surface area contributed by atoms with Crippen LogP contribution in [0.5, 0.6) is 0 Å². The average Bonchev–Trinajstić information content (AvgIpc) is 2.63. The minimum absolute atomic E-state index is 0.0173. The van der Waals surface area contributed by atoms with Crippen molar-refractivity contribution in [2.24, 2.45) is 0 Å². The molecule has 4 heteroatoms. The van der Waals surface area contributed by atoms with E-state index in [-0.39, 0.29) is 18.4 Å². The molecule has 2 N–H and O–H groups in total. The number of hydrogen-bond acceptors (Lipinski definition) is 2. The van der Waals surface area contributed by atoms with Crippen LogP contribution in [0.15, 0.2) is 30.3 Å². The van der Waals surface area contributed by atoms with Gasteiger partial charge in [0.2, 0.25) is 11.8 Å². The zero-order valence-electron chi connectivity index (χ0n) is 16.4. The Hall–Kier alpha value is -2.62. The summed E-state index contributed by atoms with van der Waals surface area (Å²) in [6, 6.07) is 10.4. The number of carbonyl (C=O) groups excluding carboxylic acids is 2. The molecule has 0 heterocycles. The largest absolute Gasteiger partial charge is 0.347 e. The molecule has 0 saturated carbocycles. The Balaban J connectivity index is 1.52. The first-order chi connectivity index (χ1) is 12.9. The van der Waals surface area contributed by atoms with Crippen LogP contribution in [-0.2, 0) is 28.9 Å². The zero-order chi connectivity index (χ0) is 19.4. The molecular formula is C23H28N2O2. The number of anilines is 1. The molecule has 3 rings (SSSR count). The lowest BCUT2D eigenvalue weighted by Gasteiger charge is -2.16. The quantitative estimate of drug-likeness (QED) is 0.848. The molecule has 2 aromatic rings. The first kappa shape index (κ1) is 19.2. The van der Waals surface area contributed by atoms with Crippen molar-refractivity contribution >= 4 is 17.5 Å². The highest BCUT2D eigenvalue weighted by Crippen LogP contribution is 2.23. The van der Waals surface area contributed by atoms with Gasteiger partial charge in [0.05, 0.1) is 13.0 Å². The van der Waals surface area contributed by atoms with Gasteiger partial charge in [-0.3, -0.25) is 9.59 Å². The van der Waals surface area contributed by atoms with E-state index in [1.54, 1.807) is 0 Å². The van der Waals surface area contributed by atoms with Crippen molar-refractivity contribution in [3.63, 3.8) is 0 Å². The van der Waals surface area contributed by atoms with Crippen molar-refractivity contribution in [1.29, 1.82) is 0 Å². The van der Waals surface area contributed by atoms with Crippen LogP contribution in [0, 0.1) is 20.8 Å². The van der Waals surface area contributed by atoms with Gasteiger partial charge in [0, 0.05) is 5.69 Å². The van der Waals surface area contributed by atoms with E-state index < -0.39 is 0 Å². The molecule has 0 aliphatic heterocycles. The smallest absolute Gasteiger partial charge is 0.243 e. The van der Waals surface area contributed by atoms with Crippen LogP contribution in [0.25, 0.3) is 0 Å². The number of amides is 2. The normalized spacial score (nSPS) is 13.0. The van der Waals surface area contributed by atoms with E-state index in [0.29, 0.717) is 6.42 Å². The molecule has 0 spiro atoms. The first-order valence-electron chi connectivity index (χ1n) is 9.67. The molecule has 0 bridgehead atoms. The predicted molar refractivity (Wildman–Crippen MR) is 109 cm³/mol. The summed E-state index contributed by atoms with van der Waals surface area (Å²) in [5, 5.41) is 5.64. The van der Waals surface area contributed by atoms with Gasteiger partial charge in [0.1, 0.15) is 0 Å². The molecule has 0 fully saturated rings. The summed E-state index contributed by atoms with van der Waals surface area (Å²) in [6.07, 6.45) is 5.02. The summed E-state index contributed by atoms with van der Waals surface area (Å²) in [5.41, 5.74) is 7.85. The summed E-state index contributed by atoms with van der Waals surface area (Å²) in [5.74, 6) is -0.331. The van der Waals surface area contributed by atoms with E-state index in [9.17, 15) is 9.59 Å². The second-order valence-corrected chi connectivity index (χ2v) is 7.59. The highest BCUT2D eigenvalue weighted by atomic mass is 16.2. The standard InChI is InChI=1S/C23H28N2O2/c1-15-10-16(2)23(17(3)11-15)25-22(27)14-24-21(26)13-18-8-9-19-6-4-5-7-20(19)12-18/h8-12H,4-7,13-14H2,1-3H3,(H,24,26)(H,25,27). The van der Waals surface area contributed by atoms with Crippen LogP contribution in [0.2, 0.25) is 0 Å². The predicted octanol–water partition coefficient (Wildman–Crippen LogP) is 3.79. The van der Waals surface area contributed by atoms with Crippen molar-refractivity contribution < 1.29 is 9.59 Å². The van der Waals surface area contributed by atoms with Crippen LogP contribution in [0.4, 0.5) is 5.69 Å². The molecule has 142 valence electrons.